The molecule has 0 bridgehead atoms. The van der Waals surface area contributed by atoms with E-state index in [1.54, 1.807) is 0 Å². The van der Waals surface area contributed by atoms with Crippen LogP contribution in [-0.2, 0) is 0 Å². The van der Waals surface area contributed by atoms with Gasteiger partial charge in [0.2, 0.25) is 0 Å². The Balaban J connectivity index is 2.26. The van der Waals surface area contributed by atoms with Gasteiger partial charge < -0.3 is 14.6 Å². The SMILES string of the molecule is COc1ccc(Oc2csc(C(=O)O)c2)cc1[N+](=O)[O-]. The van der Waals surface area contributed by atoms with Crippen molar-refractivity contribution in [1.82, 2.24) is 0 Å². The Morgan fingerprint density at radius 1 is 1.35 bits per heavy atom. The molecule has 0 aliphatic rings. The topological polar surface area (TPSA) is 98.9 Å². The van der Waals surface area contributed by atoms with Crippen LogP contribution in [0.5, 0.6) is 17.2 Å². The van der Waals surface area contributed by atoms with Crippen LogP contribution >= 0.6 is 11.3 Å². The Labute approximate surface area is 117 Å². The van der Waals surface area contributed by atoms with Crippen LogP contribution in [0.25, 0.3) is 0 Å². The fraction of sp³-hybridized carbons (Fsp3) is 0.0833. The second-order valence-electron chi connectivity index (χ2n) is 3.64. The summed E-state index contributed by atoms with van der Waals surface area (Å²) in [6, 6.07) is 5.49. The molecule has 2 aromatic rings. The highest BCUT2D eigenvalue weighted by Gasteiger charge is 2.16. The molecule has 2 rings (SSSR count). The van der Waals surface area contributed by atoms with Crippen LogP contribution in [-0.4, -0.2) is 23.1 Å². The van der Waals surface area contributed by atoms with Crippen molar-refractivity contribution in [3.05, 3.63) is 44.6 Å². The number of benzene rings is 1. The van der Waals surface area contributed by atoms with Crippen LogP contribution in [0, 0.1) is 10.1 Å². The van der Waals surface area contributed by atoms with Gasteiger partial charge in [0.05, 0.1) is 18.1 Å². The van der Waals surface area contributed by atoms with E-state index >= 15 is 0 Å². The summed E-state index contributed by atoms with van der Waals surface area (Å²) in [6.45, 7) is 0. The zero-order valence-electron chi connectivity index (χ0n) is 10.2. The first-order valence-electron chi connectivity index (χ1n) is 5.33. The number of hydrogen-bond acceptors (Lipinski definition) is 6. The van der Waals surface area contributed by atoms with E-state index in [0.29, 0.717) is 5.75 Å². The van der Waals surface area contributed by atoms with Crippen LogP contribution in [0.15, 0.2) is 29.6 Å². The smallest absolute Gasteiger partial charge is 0.346 e. The summed E-state index contributed by atoms with van der Waals surface area (Å²) in [7, 11) is 1.33. The standard InChI is InChI=1S/C12H9NO6S/c1-18-10-3-2-7(4-9(10)13(16)17)19-8-5-11(12(14)15)20-6-8/h2-6H,1H3,(H,14,15). The third-order valence-corrected chi connectivity index (χ3v) is 3.27. The molecule has 8 heteroatoms. The highest BCUT2D eigenvalue weighted by Crippen LogP contribution is 2.34. The van der Waals surface area contributed by atoms with Crippen molar-refractivity contribution < 1.29 is 24.3 Å². The minimum atomic E-state index is -1.05. The molecule has 1 aromatic heterocycles. The lowest BCUT2D eigenvalue weighted by Crippen LogP contribution is -1.94. The van der Waals surface area contributed by atoms with Crippen LogP contribution in [0.4, 0.5) is 5.69 Å². The van der Waals surface area contributed by atoms with Crippen molar-refractivity contribution >= 4 is 23.0 Å². The number of hydrogen-bond donors (Lipinski definition) is 1. The molecule has 0 aliphatic carbocycles. The molecule has 0 atom stereocenters. The minimum Gasteiger partial charge on any atom is -0.490 e. The fourth-order valence-electron chi connectivity index (χ4n) is 1.50. The number of nitro benzene ring substituents is 1. The first-order valence-corrected chi connectivity index (χ1v) is 6.21. The molecule has 20 heavy (non-hydrogen) atoms. The van der Waals surface area contributed by atoms with Crippen LogP contribution < -0.4 is 9.47 Å². The summed E-state index contributed by atoms with van der Waals surface area (Å²) in [4.78, 5) is 21.2. The van der Waals surface area contributed by atoms with Gasteiger partial charge >= 0.3 is 11.7 Å². The molecule has 0 spiro atoms. The second kappa shape index (κ2) is 5.57. The van der Waals surface area contributed by atoms with E-state index in [1.165, 1.54) is 36.8 Å². The molecule has 0 aliphatic heterocycles. The summed E-state index contributed by atoms with van der Waals surface area (Å²) >= 11 is 1.01. The number of methoxy groups -OCH3 is 1. The van der Waals surface area contributed by atoms with Gasteiger partial charge in [0.25, 0.3) is 0 Å². The van der Waals surface area contributed by atoms with Gasteiger partial charge in [-0.05, 0) is 12.1 Å². The monoisotopic (exact) mass is 295 g/mol. The van der Waals surface area contributed by atoms with Crippen molar-refractivity contribution in [2.45, 2.75) is 0 Å². The molecule has 0 fully saturated rings. The molecule has 7 nitrogen and oxygen atoms in total. The number of carbonyl (C=O) groups is 1. The Morgan fingerprint density at radius 3 is 2.65 bits per heavy atom. The predicted molar refractivity (Wildman–Crippen MR) is 71.0 cm³/mol. The summed E-state index contributed by atoms with van der Waals surface area (Å²) in [6.07, 6.45) is 0. The van der Waals surface area contributed by atoms with Gasteiger partial charge in [-0.15, -0.1) is 11.3 Å². The van der Waals surface area contributed by atoms with E-state index in [1.807, 2.05) is 0 Å². The summed E-state index contributed by atoms with van der Waals surface area (Å²) in [5.74, 6) is -0.386. The lowest BCUT2D eigenvalue weighted by atomic mass is 10.3. The quantitative estimate of drug-likeness (QED) is 0.672. The Bertz CT molecular complexity index is 666. The average Bonchev–Trinajstić information content (AvgIpc) is 2.87. The lowest BCUT2D eigenvalue weighted by Gasteiger charge is -2.05. The number of ether oxygens (including phenoxy) is 2. The van der Waals surface area contributed by atoms with Gasteiger partial charge in [-0.1, -0.05) is 0 Å². The predicted octanol–water partition coefficient (Wildman–Crippen LogP) is 3.16. The first-order chi connectivity index (χ1) is 9.51. The van der Waals surface area contributed by atoms with E-state index in [0.717, 1.165) is 11.3 Å². The van der Waals surface area contributed by atoms with E-state index in [2.05, 4.69) is 0 Å². The number of nitrogens with zero attached hydrogens (tertiary/aromatic N) is 1. The summed E-state index contributed by atoms with van der Waals surface area (Å²) in [5.41, 5.74) is -0.223. The van der Waals surface area contributed by atoms with Crippen molar-refractivity contribution in [2.24, 2.45) is 0 Å². The third kappa shape index (κ3) is 2.86. The molecule has 0 radical (unpaired) electrons. The molecule has 104 valence electrons. The zero-order chi connectivity index (χ0) is 14.7. The van der Waals surface area contributed by atoms with Crippen LogP contribution in [0.2, 0.25) is 0 Å². The van der Waals surface area contributed by atoms with E-state index in [-0.39, 0.29) is 22.1 Å². The number of carboxylic acid groups (broad SMARTS) is 1. The lowest BCUT2D eigenvalue weighted by molar-refractivity contribution is -0.385. The molecule has 0 saturated heterocycles. The fourth-order valence-corrected chi connectivity index (χ4v) is 2.14. The number of carboxylic acids is 1. The first kappa shape index (κ1) is 13.8. The maximum absolute atomic E-state index is 10.9. The van der Waals surface area contributed by atoms with Gasteiger partial charge in [0.1, 0.15) is 16.4 Å². The largest absolute Gasteiger partial charge is 0.490 e. The Kier molecular flexibility index (Phi) is 3.85. The highest BCUT2D eigenvalue weighted by molar-refractivity contribution is 7.12. The van der Waals surface area contributed by atoms with Crippen LogP contribution in [0.1, 0.15) is 9.67 Å². The van der Waals surface area contributed by atoms with Gasteiger partial charge in [0.15, 0.2) is 5.75 Å². The van der Waals surface area contributed by atoms with Crippen molar-refractivity contribution in [2.75, 3.05) is 7.11 Å². The number of nitro groups is 1. The number of rotatable bonds is 5. The molecule has 0 unspecified atom stereocenters. The molecular weight excluding hydrogens is 286 g/mol. The summed E-state index contributed by atoms with van der Waals surface area (Å²) < 4.78 is 10.3. The maximum atomic E-state index is 10.9. The maximum Gasteiger partial charge on any atom is 0.346 e. The normalized spacial score (nSPS) is 10.1. The molecule has 0 amide bonds. The Morgan fingerprint density at radius 2 is 2.10 bits per heavy atom. The average molecular weight is 295 g/mol. The van der Waals surface area contributed by atoms with Crippen LogP contribution in [0.3, 0.4) is 0 Å². The van der Waals surface area contributed by atoms with E-state index in [9.17, 15) is 14.9 Å². The molecule has 0 saturated carbocycles. The van der Waals surface area contributed by atoms with Gasteiger partial charge in [0, 0.05) is 11.4 Å². The Hall–Kier alpha value is -2.61. The van der Waals surface area contributed by atoms with Gasteiger partial charge in [-0.3, -0.25) is 10.1 Å². The molecule has 1 aromatic carbocycles. The summed E-state index contributed by atoms with van der Waals surface area (Å²) in [5, 5.41) is 21.2. The van der Waals surface area contributed by atoms with Crippen molar-refractivity contribution in [3.63, 3.8) is 0 Å². The second-order valence-corrected chi connectivity index (χ2v) is 4.56. The third-order valence-electron chi connectivity index (χ3n) is 2.37. The van der Waals surface area contributed by atoms with Crippen molar-refractivity contribution in [3.8, 4) is 17.2 Å². The van der Waals surface area contributed by atoms with Gasteiger partial charge in [-0.25, -0.2) is 4.79 Å². The van der Waals surface area contributed by atoms with Gasteiger partial charge in [-0.2, -0.15) is 0 Å². The molecule has 1 heterocycles. The number of thiophene rings is 1. The van der Waals surface area contributed by atoms with Crippen molar-refractivity contribution in [1.29, 1.82) is 0 Å². The minimum absolute atomic E-state index is 0.124. The molecular formula is C12H9NO6S. The molecule has 1 N–H and O–H groups in total. The van der Waals surface area contributed by atoms with E-state index in [4.69, 9.17) is 14.6 Å². The zero-order valence-corrected chi connectivity index (χ0v) is 11.0. The highest BCUT2D eigenvalue weighted by atomic mass is 32.1. The number of aromatic carboxylic acids is 1. The van der Waals surface area contributed by atoms with E-state index < -0.39 is 10.9 Å².